The second-order valence-electron chi connectivity index (χ2n) is 3.95. The number of rotatable bonds is 4. The van der Waals surface area contributed by atoms with Crippen LogP contribution in [0.25, 0.3) is 0 Å². The molecule has 1 aromatic carbocycles. The molecule has 76 valence electrons. The first-order valence-corrected chi connectivity index (χ1v) is 5.16. The predicted molar refractivity (Wildman–Crippen MR) is 57.6 cm³/mol. The van der Waals surface area contributed by atoms with Crippen LogP contribution in [0.15, 0.2) is 18.2 Å². The molecule has 0 saturated heterocycles. The minimum Gasteiger partial charge on any atom is -0.497 e. The number of methoxy groups -OCH3 is 1. The van der Waals surface area contributed by atoms with Crippen LogP contribution in [-0.2, 0) is 6.54 Å². The highest BCUT2D eigenvalue weighted by Crippen LogP contribution is 2.21. The van der Waals surface area contributed by atoms with Crippen LogP contribution in [0.5, 0.6) is 5.75 Å². The molecule has 1 aromatic rings. The lowest BCUT2D eigenvalue weighted by Gasteiger charge is -2.08. The molecule has 1 N–H and O–H groups in total. The lowest BCUT2D eigenvalue weighted by atomic mass is 10.1. The third kappa shape index (κ3) is 2.26. The molecule has 2 nitrogen and oxygen atoms in total. The maximum atomic E-state index is 5.17. The van der Waals surface area contributed by atoms with Crippen LogP contribution in [0, 0.1) is 6.92 Å². The molecule has 0 unspecified atom stereocenters. The van der Waals surface area contributed by atoms with E-state index in [1.165, 1.54) is 24.0 Å². The fraction of sp³-hybridized carbons (Fsp3) is 0.500. The number of nitrogens with one attached hydrogen (secondary N) is 1. The summed E-state index contributed by atoms with van der Waals surface area (Å²) >= 11 is 0. The minimum absolute atomic E-state index is 0.775. The van der Waals surface area contributed by atoms with E-state index in [9.17, 15) is 0 Å². The Balaban J connectivity index is 2.01. The summed E-state index contributed by atoms with van der Waals surface area (Å²) in [6, 6.07) is 7.03. The zero-order valence-electron chi connectivity index (χ0n) is 8.84. The first kappa shape index (κ1) is 9.53. The Morgan fingerprint density at radius 1 is 1.43 bits per heavy atom. The Morgan fingerprint density at radius 2 is 2.21 bits per heavy atom. The SMILES string of the molecule is COc1ccc(CNC2CC2)c(C)c1. The van der Waals surface area contributed by atoms with Crippen molar-refractivity contribution in [3.05, 3.63) is 29.3 Å². The van der Waals surface area contributed by atoms with Gasteiger partial charge in [0, 0.05) is 12.6 Å². The standard InChI is InChI=1S/C12H17NO/c1-9-7-12(14-2)6-3-10(9)8-13-11-4-5-11/h3,6-7,11,13H,4-5,8H2,1-2H3. The Labute approximate surface area is 85.3 Å². The lowest BCUT2D eigenvalue weighted by Crippen LogP contribution is -2.15. The summed E-state index contributed by atoms with van der Waals surface area (Å²) < 4.78 is 5.17. The number of aryl methyl sites for hydroxylation is 1. The molecule has 1 fully saturated rings. The van der Waals surface area contributed by atoms with Gasteiger partial charge in [0.1, 0.15) is 5.75 Å². The molecule has 0 aromatic heterocycles. The maximum absolute atomic E-state index is 5.17. The normalized spacial score (nSPS) is 15.6. The van der Waals surface area contributed by atoms with Gasteiger partial charge in [-0.25, -0.2) is 0 Å². The Bertz CT molecular complexity index is 318. The van der Waals surface area contributed by atoms with E-state index in [-0.39, 0.29) is 0 Å². The molecule has 2 rings (SSSR count). The predicted octanol–water partition coefficient (Wildman–Crippen LogP) is 2.26. The van der Waals surface area contributed by atoms with Crippen LogP contribution in [0.3, 0.4) is 0 Å². The Morgan fingerprint density at radius 3 is 2.79 bits per heavy atom. The molecule has 0 spiro atoms. The second kappa shape index (κ2) is 4.01. The average Bonchev–Trinajstić information content (AvgIpc) is 2.99. The van der Waals surface area contributed by atoms with E-state index in [0.29, 0.717) is 0 Å². The van der Waals surface area contributed by atoms with Crippen LogP contribution in [0.1, 0.15) is 24.0 Å². The largest absolute Gasteiger partial charge is 0.497 e. The van der Waals surface area contributed by atoms with Crippen molar-refractivity contribution in [2.24, 2.45) is 0 Å². The maximum Gasteiger partial charge on any atom is 0.119 e. The fourth-order valence-electron chi connectivity index (χ4n) is 1.54. The molecule has 14 heavy (non-hydrogen) atoms. The third-order valence-corrected chi connectivity index (χ3v) is 2.71. The molecule has 1 aliphatic rings. The van der Waals surface area contributed by atoms with E-state index in [0.717, 1.165) is 18.3 Å². The lowest BCUT2D eigenvalue weighted by molar-refractivity contribution is 0.414. The van der Waals surface area contributed by atoms with E-state index in [2.05, 4.69) is 24.4 Å². The topological polar surface area (TPSA) is 21.3 Å². The van der Waals surface area contributed by atoms with Crippen LogP contribution in [0.4, 0.5) is 0 Å². The number of ether oxygens (including phenoxy) is 1. The van der Waals surface area contributed by atoms with Gasteiger partial charge in [-0.1, -0.05) is 6.07 Å². The molecule has 0 bridgehead atoms. The molecule has 0 radical (unpaired) electrons. The van der Waals surface area contributed by atoms with Gasteiger partial charge in [0.2, 0.25) is 0 Å². The van der Waals surface area contributed by atoms with Crippen LogP contribution in [-0.4, -0.2) is 13.2 Å². The van der Waals surface area contributed by atoms with Gasteiger partial charge in [-0.2, -0.15) is 0 Å². The average molecular weight is 191 g/mol. The highest BCUT2D eigenvalue weighted by molar-refractivity contribution is 5.34. The Kier molecular flexibility index (Phi) is 2.73. The van der Waals surface area contributed by atoms with Crippen molar-refractivity contribution in [3.63, 3.8) is 0 Å². The van der Waals surface area contributed by atoms with Gasteiger partial charge in [0.05, 0.1) is 7.11 Å². The molecular weight excluding hydrogens is 174 g/mol. The van der Waals surface area contributed by atoms with Crippen LogP contribution < -0.4 is 10.1 Å². The Hall–Kier alpha value is -1.02. The number of hydrogen-bond donors (Lipinski definition) is 1. The van der Waals surface area contributed by atoms with Crippen molar-refractivity contribution >= 4 is 0 Å². The third-order valence-electron chi connectivity index (χ3n) is 2.71. The van der Waals surface area contributed by atoms with Gasteiger partial charge in [-0.05, 0) is 43.0 Å². The summed E-state index contributed by atoms with van der Waals surface area (Å²) in [5.41, 5.74) is 2.68. The van der Waals surface area contributed by atoms with Crippen molar-refractivity contribution in [2.75, 3.05) is 7.11 Å². The van der Waals surface area contributed by atoms with Crippen molar-refractivity contribution in [1.29, 1.82) is 0 Å². The van der Waals surface area contributed by atoms with Gasteiger partial charge in [0.15, 0.2) is 0 Å². The molecule has 2 heteroatoms. The fourth-order valence-corrected chi connectivity index (χ4v) is 1.54. The molecule has 0 aliphatic heterocycles. The van der Waals surface area contributed by atoms with E-state index >= 15 is 0 Å². The zero-order chi connectivity index (χ0) is 9.97. The van der Waals surface area contributed by atoms with Crippen molar-refractivity contribution in [1.82, 2.24) is 5.32 Å². The quantitative estimate of drug-likeness (QED) is 0.788. The first-order chi connectivity index (χ1) is 6.79. The molecule has 0 heterocycles. The van der Waals surface area contributed by atoms with E-state index in [1.807, 2.05) is 6.07 Å². The van der Waals surface area contributed by atoms with E-state index < -0.39 is 0 Å². The number of benzene rings is 1. The summed E-state index contributed by atoms with van der Waals surface area (Å²) in [6.07, 6.45) is 2.68. The molecular formula is C12H17NO. The highest BCUT2D eigenvalue weighted by Gasteiger charge is 2.20. The van der Waals surface area contributed by atoms with Gasteiger partial charge >= 0.3 is 0 Å². The van der Waals surface area contributed by atoms with Crippen LogP contribution in [0.2, 0.25) is 0 Å². The summed E-state index contributed by atoms with van der Waals surface area (Å²) in [5.74, 6) is 0.942. The van der Waals surface area contributed by atoms with Gasteiger partial charge in [-0.15, -0.1) is 0 Å². The summed E-state index contributed by atoms with van der Waals surface area (Å²) in [6.45, 7) is 3.12. The molecule has 0 atom stereocenters. The zero-order valence-corrected chi connectivity index (χ0v) is 8.84. The summed E-state index contributed by atoms with van der Waals surface area (Å²) in [7, 11) is 1.71. The van der Waals surface area contributed by atoms with E-state index in [1.54, 1.807) is 7.11 Å². The van der Waals surface area contributed by atoms with Gasteiger partial charge in [-0.3, -0.25) is 0 Å². The minimum atomic E-state index is 0.775. The molecule has 1 aliphatic carbocycles. The van der Waals surface area contributed by atoms with Crippen molar-refractivity contribution in [3.8, 4) is 5.75 Å². The van der Waals surface area contributed by atoms with Crippen LogP contribution >= 0.6 is 0 Å². The monoisotopic (exact) mass is 191 g/mol. The molecule has 0 amide bonds. The van der Waals surface area contributed by atoms with E-state index in [4.69, 9.17) is 4.74 Å². The highest BCUT2D eigenvalue weighted by atomic mass is 16.5. The second-order valence-corrected chi connectivity index (χ2v) is 3.95. The first-order valence-electron chi connectivity index (χ1n) is 5.16. The molecule has 1 saturated carbocycles. The van der Waals surface area contributed by atoms with Gasteiger partial charge in [0.25, 0.3) is 0 Å². The van der Waals surface area contributed by atoms with Gasteiger partial charge < -0.3 is 10.1 Å². The summed E-state index contributed by atoms with van der Waals surface area (Å²) in [5, 5.41) is 3.51. The van der Waals surface area contributed by atoms with Crippen molar-refractivity contribution in [2.45, 2.75) is 32.4 Å². The van der Waals surface area contributed by atoms with Crippen molar-refractivity contribution < 1.29 is 4.74 Å². The number of hydrogen-bond acceptors (Lipinski definition) is 2. The smallest absolute Gasteiger partial charge is 0.119 e. The summed E-state index contributed by atoms with van der Waals surface area (Å²) in [4.78, 5) is 0.